The maximum absolute atomic E-state index is 2.42. The largest absolute Gasteiger partial charge is 0.310 e. The number of thiophene rings is 2. The Hall–Kier alpha value is -5.74. The van der Waals surface area contributed by atoms with E-state index in [1.54, 1.807) is 0 Å². The maximum atomic E-state index is 2.42. The standard InChI is InChI=1S/C46H29NS2/c1-2-11-31-26-33(23-22-30(31)10-1)32-12-7-14-35(27-32)47(37-24-25-41-39-16-3-5-20-43(39)48-45(41)29-37)36-15-8-13-34(28-36)38-18-9-19-42-40-17-4-6-21-44(40)49-46(38)42/h1-29H. The lowest BCUT2D eigenvalue weighted by molar-refractivity contribution is 1.29. The van der Waals surface area contributed by atoms with Crippen molar-refractivity contribution >= 4 is 90.9 Å². The summed E-state index contributed by atoms with van der Waals surface area (Å²) in [5, 5.41) is 7.77. The molecule has 230 valence electrons. The third-order valence-corrected chi connectivity index (χ3v) is 12.0. The van der Waals surface area contributed by atoms with Crippen LogP contribution in [0.4, 0.5) is 17.1 Å². The van der Waals surface area contributed by atoms with Crippen LogP contribution in [0.2, 0.25) is 0 Å². The first-order chi connectivity index (χ1) is 24.3. The molecule has 3 heteroatoms. The van der Waals surface area contributed by atoms with Crippen LogP contribution in [0, 0.1) is 0 Å². The SMILES string of the molecule is c1cc(-c2ccc3ccccc3c2)cc(N(c2cccc(-c3cccc4c3sc3ccccc34)c2)c2ccc3c(c2)sc2ccccc23)c1. The topological polar surface area (TPSA) is 3.24 Å². The molecule has 0 amide bonds. The van der Waals surface area contributed by atoms with Crippen LogP contribution in [0.5, 0.6) is 0 Å². The molecule has 10 aromatic rings. The van der Waals surface area contributed by atoms with Gasteiger partial charge in [0.2, 0.25) is 0 Å². The predicted octanol–water partition coefficient (Wildman–Crippen LogP) is 14.4. The molecule has 0 bridgehead atoms. The Kier molecular flexibility index (Phi) is 6.61. The highest BCUT2D eigenvalue weighted by atomic mass is 32.1. The minimum atomic E-state index is 1.13. The first-order valence-corrected chi connectivity index (χ1v) is 18.2. The summed E-state index contributed by atoms with van der Waals surface area (Å²) in [6.45, 7) is 0. The highest BCUT2D eigenvalue weighted by molar-refractivity contribution is 7.26. The van der Waals surface area contributed by atoms with Crippen molar-refractivity contribution in [3.05, 3.63) is 176 Å². The monoisotopic (exact) mass is 659 g/mol. The van der Waals surface area contributed by atoms with Gasteiger partial charge in [-0.25, -0.2) is 0 Å². The Labute approximate surface area is 292 Å². The molecule has 0 aliphatic rings. The molecule has 0 N–H and O–H groups in total. The third kappa shape index (κ3) is 4.82. The van der Waals surface area contributed by atoms with Gasteiger partial charge in [0.05, 0.1) is 0 Å². The fourth-order valence-electron chi connectivity index (χ4n) is 7.28. The van der Waals surface area contributed by atoms with Gasteiger partial charge in [-0.2, -0.15) is 0 Å². The van der Waals surface area contributed by atoms with E-state index in [4.69, 9.17) is 0 Å². The molecule has 0 unspecified atom stereocenters. The fraction of sp³-hybridized carbons (Fsp3) is 0. The fourth-order valence-corrected chi connectivity index (χ4v) is 9.66. The molecule has 8 aromatic carbocycles. The Morgan fingerprint density at radius 3 is 1.76 bits per heavy atom. The molecule has 0 atom stereocenters. The van der Waals surface area contributed by atoms with Gasteiger partial charge in [0, 0.05) is 57.4 Å². The zero-order valence-electron chi connectivity index (χ0n) is 26.5. The minimum Gasteiger partial charge on any atom is -0.310 e. The van der Waals surface area contributed by atoms with Gasteiger partial charge in [-0.1, -0.05) is 121 Å². The van der Waals surface area contributed by atoms with Crippen molar-refractivity contribution in [1.29, 1.82) is 0 Å². The van der Waals surface area contributed by atoms with Gasteiger partial charge in [0.1, 0.15) is 0 Å². The van der Waals surface area contributed by atoms with Crippen molar-refractivity contribution in [1.82, 2.24) is 0 Å². The molecular formula is C46H29NS2. The van der Waals surface area contributed by atoms with E-state index < -0.39 is 0 Å². The van der Waals surface area contributed by atoms with Gasteiger partial charge in [-0.3, -0.25) is 0 Å². The van der Waals surface area contributed by atoms with Crippen LogP contribution in [-0.2, 0) is 0 Å². The van der Waals surface area contributed by atoms with Gasteiger partial charge < -0.3 is 4.90 Å². The van der Waals surface area contributed by atoms with Gasteiger partial charge >= 0.3 is 0 Å². The normalized spacial score (nSPS) is 11.7. The third-order valence-electron chi connectivity index (χ3n) is 9.63. The minimum absolute atomic E-state index is 1.13. The average molecular weight is 660 g/mol. The maximum Gasteiger partial charge on any atom is 0.0476 e. The summed E-state index contributed by atoms with van der Waals surface area (Å²) in [5.74, 6) is 0. The molecule has 10 rings (SSSR count). The molecule has 0 spiro atoms. The number of nitrogens with zero attached hydrogens (tertiary/aromatic N) is 1. The van der Waals surface area contributed by atoms with Gasteiger partial charge in [-0.05, 0) is 87.6 Å². The molecule has 0 fully saturated rings. The molecule has 0 saturated carbocycles. The van der Waals surface area contributed by atoms with E-state index in [1.807, 2.05) is 22.7 Å². The summed E-state index contributed by atoms with van der Waals surface area (Å²) < 4.78 is 5.26. The lowest BCUT2D eigenvalue weighted by Gasteiger charge is -2.27. The summed E-state index contributed by atoms with van der Waals surface area (Å²) in [4.78, 5) is 2.42. The quantitative estimate of drug-likeness (QED) is 0.178. The average Bonchev–Trinajstić information content (AvgIpc) is 3.73. The zero-order valence-corrected chi connectivity index (χ0v) is 28.1. The highest BCUT2D eigenvalue weighted by Gasteiger charge is 2.18. The van der Waals surface area contributed by atoms with E-state index in [1.165, 1.54) is 73.4 Å². The summed E-state index contributed by atoms with van der Waals surface area (Å²) in [7, 11) is 0. The van der Waals surface area contributed by atoms with E-state index in [9.17, 15) is 0 Å². The van der Waals surface area contributed by atoms with Crippen molar-refractivity contribution in [2.75, 3.05) is 4.90 Å². The van der Waals surface area contributed by atoms with Crippen LogP contribution < -0.4 is 4.90 Å². The van der Waals surface area contributed by atoms with Crippen molar-refractivity contribution in [3.63, 3.8) is 0 Å². The van der Waals surface area contributed by atoms with Crippen molar-refractivity contribution in [2.24, 2.45) is 0 Å². The molecule has 0 aliphatic heterocycles. The second-order valence-electron chi connectivity index (χ2n) is 12.6. The molecule has 0 radical (unpaired) electrons. The van der Waals surface area contributed by atoms with Gasteiger partial charge in [0.25, 0.3) is 0 Å². The summed E-state index contributed by atoms with van der Waals surface area (Å²) in [6.07, 6.45) is 0. The lowest BCUT2D eigenvalue weighted by atomic mass is 10.00. The molecular weight excluding hydrogens is 631 g/mol. The Morgan fingerprint density at radius 1 is 0.327 bits per heavy atom. The second-order valence-corrected chi connectivity index (χ2v) is 14.7. The lowest BCUT2D eigenvalue weighted by Crippen LogP contribution is -2.10. The molecule has 1 nitrogen and oxygen atoms in total. The van der Waals surface area contributed by atoms with E-state index in [2.05, 4.69) is 181 Å². The van der Waals surface area contributed by atoms with Crippen LogP contribution >= 0.6 is 22.7 Å². The van der Waals surface area contributed by atoms with Crippen LogP contribution in [0.25, 0.3) is 73.4 Å². The van der Waals surface area contributed by atoms with E-state index in [0.29, 0.717) is 0 Å². The predicted molar refractivity (Wildman–Crippen MR) is 215 cm³/mol. The smallest absolute Gasteiger partial charge is 0.0476 e. The Bertz CT molecular complexity index is 2860. The number of anilines is 3. The summed E-state index contributed by atoms with van der Waals surface area (Å²) in [6, 6.07) is 64.5. The first-order valence-electron chi connectivity index (χ1n) is 16.6. The number of rotatable bonds is 5. The van der Waals surface area contributed by atoms with Crippen molar-refractivity contribution in [2.45, 2.75) is 0 Å². The van der Waals surface area contributed by atoms with E-state index >= 15 is 0 Å². The van der Waals surface area contributed by atoms with Gasteiger partial charge in [0.15, 0.2) is 0 Å². The number of fused-ring (bicyclic) bond motifs is 7. The van der Waals surface area contributed by atoms with Crippen LogP contribution in [0.3, 0.4) is 0 Å². The van der Waals surface area contributed by atoms with Gasteiger partial charge in [-0.15, -0.1) is 22.7 Å². The zero-order chi connectivity index (χ0) is 32.3. The molecule has 0 saturated heterocycles. The van der Waals surface area contributed by atoms with Crippen molar-refractivity contribution < 1.29 is 0 Å². The summed E-state index contributed by atoms with van der Waals surface area (Å²) in [5.41, 5.74) is 8.30. The Balaban J connectivity index is 1.16. The Morgan fingerprint density at radius 2 is 0.918 bits per heavy atom. The number of hydrogen-bond donors (Lipinski definition) is 0. The van der Waals surface area contributed by atoms with E-state index in [0.717, 1.165) is 17.1 Å². The van der Waals surface area contributed by atoms with Crippen LogP contribution in [0.1, 0.15) is 0 Å². The highest BCUT2D eigenvalue weighted by Crippen LogP contribution is 2.44. The molecule has 49 heavy (non-hydrogen) atoms. The molecule has 2 aromatic heterocycles. The number of hydrogen-bond acceptors (Lipinski definition) is 3. The molecule has 2 heterocycles. The summed E-state index contributed by atoms with van der Waals surface area (Å²) >= 11 is 3.74. The van der Waals surface area contributed by atoms with E-state index in [-0.39, 0.29) is 0 Å². The first kappa shape index (κ1) is 28.3. The molecule has 0 aliphatic carbocycles. The number of benzene rings is 8. The van der Waals surface area contributed by atoms with Crippen LogP contribution in [0.15, 0.2) is 176 Å². The second kappa shape index (κ2) is 11.5. The van der Waals surface area contributed by atoms with Crippen LogP contribution in [-0.4, -0.2) is 0 Å². The van der Waals surface area contributed by atoms with Crippen molar-refractivity contribution in [3.8, 4) is 22.3 Å².